The maximum Gasteiger partial charge on any atom is 0.322 e. The molecule has 124 valence electrons. The number of aromatic nitrogens is 2. The van der Waals surface area contributed by atoms with Crippen LogP contribution in [-0.4, -0.2) is 40.4 Å². The summed E-state index contributed by atoms with van der Waals surface area (Å²) in [6.45, 7) is 0.417. The van der Waals surface area contributed by atoms with E-state index in [1.54, 1.807) is 12.4 Å². The number of carbonyl (C=O) groups is 3. The van der Waals surface area contributed by atoms with Gasteiger partial charge < -0.3 is 10.6 Å². The number of pyridine rings is 1. The van der Waals surface area contributed by atoms with Gasteiger partial charge in [-0.15, -0.1) is 11.3 Å². The molecule has 2 aromatic rings. The van der Waals surface area contributed by atoms with Crippen LogP contribution in [-0.2, 0) is 16.0 Å². The van der Waals surface area contributed by atoms with Gasteiger partial charge in [0.2, 0.25) is 5.91 Å². The van der Waals surface area contributed by atoms with Crippen molar-refractivity contribution in [3.05, 3.63) is 35.6 Å². The fraction of sp³-hybridized carbons (Fsp3) is 0.267. The van der Waals surface area contributed by atoms with Gasteiger partial charge in [0, 0.05) is 36.3 Å². The van der Waals surface area contributed by atoms with Gasteiger partial charge in [0.1, 0.15) is 11.0 Å². The van der Waals surface area contributed by atoms with Crippen molar-refractivity contribution in [3.63, 3.8) is 0 Å². The molecular formula is C15H15N5O3S. The van der Waals surface area contributed by atoms with E-state index in [-0.39, 0.29) is 12.3 Å². The number of urea groups is 1. The molecule has 0 aliphatic carbocycles. The monoisotopic (exact) mass is 345 g/mol. The lowest BCUT2D eigenvalue weighted by atomic mass is 10.2. The Bertz CT molecular complexity index is 761. The van der Waals surface area contributed by atoms with E-state index in [4.69, 9.17) is 0 Å². The highest BCUT2D eigenvalue weighted by Crippen LogP contribution is 2.22. The Morgan fingerprint density at radius 1 is 1.29 bits per heavy atom. The van der Waals surface area contributed by atoms with E-state index in [1.807, 2.05) is 17.5 Å². The van der Waals surface area contributed by atoms with E-state index in [0.717, 1.165) is 16.3 Å². The minimum Gasteiger partial charge on any atom is -0.356 e. The zero-order valence-electron chi connectivity index (χ0n) is 12.6. The smallest absolute Gasteiger partial charge is 0.322 e. The third-order valence-corrected chi connectivity index (χ3v) is 4.37. The SMILES string of the molecule is O=C(CC1NC(=O)NC1=O)NCCc1csc(-c2ccncc2)n1. The molecule has 1 atom stereocenters. The number of thiazole rings is 1. The predicted molar refractivity (Wildman–Crippen MR) is 87.1 cm³/mol. The third kappa shape index (κ3) is 3.93. The van der Waals surface area contributed by atoms with Crippen LogP contribution in [0.4, 0.5) is 4.79 Å². The first-order valence-electron chi connectivity index (χ1n) is 7.34. The van der Waals surface area contributed by atoms with Crippen molar-refractivity contribution in [2.24, 2.45) is 0 Å². The molecule has 3 N–H and O–H groups in total. The molecule has 24 heavy (non-hydrogen) atoms. The van der Waals surface area contributed by atoms with E-state index < -0.39 is 18.0 Å². The van der Waals surface area contributed by atoms with E-state index >= 15 is 0 Å². The highest BCUT2D eigenvalue weighted by Gasteiger charge is 2.31. The van der Waals surface area contributed by atoms with Crippen LogP contribution in [0.5, 0.6) is 0 Å². The lowest BCUT2D eigenvalue weighted by Gasteiger charge is -2.07. The van der Waals surface area contributed by atoms with Crippen LogP contribution in [0, 0.1) is 0 Å². The van der Waals surface area contributed by atoms with Gasteiger partial charge in [-0.25, -0.2) is 9.78 Å². The second kappa shape index (κ2) is 7.18. The van der Waals surface area contributed by atoms with Crippen molar-refractivity contribution in [1.29, 1.82) is 0 Å². The Morgan fingerprint density at radius 3 is 2.79 bits per heavy atom. The molecule has 1 aliphatic heterocycles. The Hall–Kier alpha value is -2.81. The molecule has 8 nitrogen and oxygen atoms in total. The molecule has 0 bridgehead atoms. The molecule has 0 aromatic carbocycles. The summed E-state index contributed by atoms with van der Waals surface area (Å²) in [6.07, 6.45) is 3.95. The van der Waals surface area contributed by atoms with Gasteiger partial charge in [0.15, 0.2) is 0 Å². The first kappa shape index (κ1) is 16.1. The highest BCUT2D eigenvalue weighted by molar-refractivity contribution is 7.13. The van der Waals surface area contributed by atoms with Crippen LogP contribution >= 0.6 is 11.3 Å². The minimum atomic E-state index is -0.796. The Balaban J connectivity index is 1.45. The summed E-state index contributed by atoms with van der Waals surface area (Å²) in [5.41, 5.74) is 1.90. The number of carbonyl (C=O) groups excluding carboxylic acids is 3. The number of rotatable bonds is 6. The van der Waals surface area contributed by atoms with Crippen LogP contribution < -0.4 is 16.0 Å². The van der Waals surface area contributed by atoms with Gasteiger partial charge in [-0.2, -0.15) is 0 Å². The summed E-state index contributed by atoms with van der Waals surface area (Å²) >= 11 is 1.54. The number of nitrogens with one attached hydrogen (secondary N) is 3. The van der Waals surface area contributed by atoms with Gasteiger partial charge in [-0.3, -0.25) is 19.9 Å². The van der Waals surface area contributed by atoms with E-state index in [1.165, 1.54) is 11.3 Å². The van der Waals surface area contributed by atoms with Crippen molar-refractivity contribution in [2.45, 2.75) is 18.9 Å². The first-order valence-corrected chi connectivity index (χ1v) is 8.22. The largest absolute Gasteiger partial charge is 0.356 e. The predicted octanol–water partition coefficient (Wildman–Crippen LogP) is 0.462. The number of hydrogen-bond donors (Lipinski definition) is 3. The Kier molecular flexibility index (Phi) is 4.80. The molecule has 9 heteroatoms. The molecule has 4 amide bonds. The summed E-state index contributed by atoms with van der Waals surface area (Å²) in [4.78, 5) is 42.6. The second-order valence-corrected chi connectivity index (χ2v) is 6.06. The maximum absolute atomic E-state index is 11.8. The molecule has 2 aromatic heterocycles. The molecular weight excluding hydrogens is 330 g/mol. The maximum atomic E-state index is 11.8. The number of hydrogen-bond acceptors (Lipinski definition) is 6. The quantitative estimate of drug-likeness (QED) is 0.659. The average Bonchev–Trinajstić information content (AvgIpc) is 3.15. The van der Waals surface area contributed by atoms with Gasteiger partial charge in [-0.05, 0) is 12.1 Å². The third-order valence-electron chi connectivity index (χ3n) is 3.43. The fourth-order valence-electron chi connectivity index (χ4n) is 2.24. The molecule has 1 saturated heterocycles. The molecule has 1 fully saturated rings. The Morgan fingerprint density at radius 2 is 2.08 bits per heavy atom. The number of imide groups is 1. The summed E-state index contributed by atoms with van der Waals surface area (Å²) in [5, 5.41) is 10.1. The van der Waals surface area contributed by atoms with Gasteiger partial charge in [-0.1, -0.05) is 0 Å². The first-order chi connectivity index (χ1) is 11.6. The van der Waals surface area contributed by atoms with Gasteiger partial charge in [0.05, 0.1) is 12.1 Å². The van der Waals surface area contributed by atoms with Gasteiger partial charge in [0.25, 0.3) is 5.91 Å². The average molecular weight is 345 g/mol. The molecule has 3 rings (SSSR count). The zero-order chi connectivity index (χ0) is 16.9. The van der Waals surface area contributed by atoms with Crippen LogP contribution in [0.1, 0.15) is 12.1 Å². The summed E-state index contributed by atoms with van der Waals surface area (Å²) in [6, 6.07) is 2.43. The van der Waals surface area contributed by atoms with Crippen LogP contribution in [0.2, 0.25) is 0 Å². The Labute approximate surface area is 141 Å². The van der Waals surface area contributed by atoms with Crippen molar-refractivity contribution in [2.75, 3.05) is 6.54 Å². The zero-order valence-corrected chi connectivity index (χ0v) is 13.4. The molecule has 1 aliphatic rings. The van der Waals surface area contributed by atoms with Crippen LogP contribution in [0.3, 0.4) is 0 Å². The number of amides is 4. The highest BCUT2D eigenvalue weighted by atomic mass is 32.1. The van der Waals surface area contributed by atoms with E-state index in [9.17, 15) is 14.4 Å². The van der Waals surface area contributed by atoms with Crippen molar-refractivity contribution < 1.29 is 14.4 Å². The molecule has 0 saturated carbocycles. The topological polar surface area (TPSA) is 113 Å². The normalized spacial score (nSPS) is 16.6. The summed E-state index contributed by atoms with van der Waals surface area (Å²) in [5.74, 6) is -0.765. The summed E-state index contributed by atoms with van der Waals surface area (Å²) in [7, 11) is 0. The van der Waals surface area contributed by atoms with Crippen LogP contribution in [0.15, 0.2) is 29.9 Å². The molecule has 1 unspecified atom stereocenters. The second-order valence-electron chi connectivity index (χ2n) is 5.20. The lowest BCUT2D eigenvalue weighted by Crippen LogP contribution is -2.36. The van der Waals surface area contributed by atoms with E-state index in [2.05, 4.69) is 25.9 Å². The molecule has 3 heterocycles. The standard InChI is InChI=1S/C15H15N5O3S/c21-12(7-11-13(22)20-15(23)19-11)17-6-3-10-8-24-14(18-10)9-1-4-16-5-2-9/h1-2,4-5,8,11H,3,6-7H2,(H,17,21)(H2,19,20,22,23). The van der Waals surface area contributed by atoms with E-state index in [0.29, 0.717) is 13.0 Å². The lowest BCUT2D eigenvalue weighted by molar-refractivity contribution is -0.126. The van der Waals surface area contributed by atoms with Crippen molar-refractivity contribution >= 4 is 29.2 Å². The molecule has 0 spiro atoms. The van der Waals surface area contributed by atoms with Gasteiger partial charge >= 0.3 is 6.03 Å². The number of nitrogens with zero attached hydrogens (tertiary/aromatic N) is 2. The van der Waals surface area contributed by atoms with Crippen molar-refractivity contribution in [3.8, 4) is 10.6 Å². The molecule has 0 radical (unpaired) electrons. The van der Waals surface area contributed by atoms with Crippen LogP contribution in [0.25, 0.3) is 10.6 Å². The minimum absolute atomic E-state index is 0.0725. The van der Waals surface area contributed by atoms with Crippen molar-refractivity contribution in [1.82, 2.24) is 25.9 Å². The summed E-state index contributed by atoms with van der Waals surface area (Å²) < 4.78 is 0. The fourth-order valence-corrected chi connectivity index (χ4v) is 3.10.